The van der Waals surface area contributed by atoms with Gasteiger partial charge in [-0.2, -0.15) is 4.98 Å². The molecule has 0 radical (unpaired) electrons. The molecule has 2 aliphatic heterocycles. The van der Waals surface area contributed by atoms with Gasteiger partial charge in [-0.15, -0.1) is 0 Å². The molecule has 0 fully saturated rings. The smallest absolute Gasteiger partial charge is 0.278 e. The highest BCUT2D eigenvalue weighted by Crippen LogP contribution is 2.32. The van der Waals surface area contributed by atoms with Gasteiger partial charge in [0.1, 0.15) is 5.39 Å². The van der Waals surface area contributed by atoms with Gasteiger partial charge in [-0.05, 0) is 63.3 Å². The van der Waals surface area contributed by atoms with Gasteiger partial charge < -0.3 is 19.5 Å². The number of amides is 1. The van der Waals surface area contributed by atoms with Gasteiger partial charge >= 0.3 is 0 Å². The first-order valence-corrected chi connectivity index (χ1v) is 14.0. The first kappa shape index (κ1) is 26.0. The van der Waals surface area contributed by atoms with Gasteiger partial charge in [-0.1, -0.05) is 12.2 Å². The van der Waals surface area contributed by atoms with E-state index in [1.807, 2.05) is 18.2 Å². The topological polar surface area (TPSA) is 115 Å². The van der Waals surface area contributed by atoms with Crippen LogP contribution in [0.3, 0.4) is 0 Å². The van der Waals surface area contributed by atoms with Gasteiger partial charge in [0.05, 0.1) is 6.54 Å². The van der Waals surface area contributed by atoms with Crippen LogP contribution < -0.4 is 20.5 Å². The number of fused-ring (bicyclic) bond motifs is 6. The predicted molar refractivity (Wildman–Crippen MR) is 161 cm³/mol. The van der Waals surface area contributed by atoms with Crippen molar-refractivity contribution in [3.05, 3.63) is 71.3 Å². The van der Waals surface area contributed by atoms with E-state index in [4.69, 9.17) is 14.7 Å². The van der Waals surface area contributed by atoms with Crippen molar-refractivity contribution in [2.75, 3.05) is 44.0 Å². The van der Waals surface area contributed by atoms with Crippen molar-refractivity contribution in [1.82, 2.24) is 33.8 Å². The Kier molecular flexibility index (Phi) is 6.46. The van der Waals surface area contributed by atoms with E-state index in [-0.39, 0.29) is 18.1 Å². The Morgan fingerprint density at radius 1 is 1.07 bits per heavy atom. The summed E-state index contributed by atoms with van der Waals surface area (Å²) < 4.78 is 11.2. The Bertz CT molecular complexity index is 1920. The molecular weight excluding hydrogens is 534 g/mol. The molecule has 1 aromatic carbocycles. The molecule has 42 heavy (non-hydrogen) atoms. The van der Waals surface area contributed by atoms with Gasteiger partial charge in [0.15, 0.2) is 29.6 Å². The van der Waals surface area contributed by atoms with E-state index in [1.165, 1.54) is 0 Å². The zero-order valence-electron chi connectivity index (χ0n) is 23.5. The van der Waals surface area contributed by atoms with E-state index in [2.05, 4.69) is 58.3 Å². The van der Waals surface area contributed by atoms with Crippen LogP contribution in [0.2, 0.25) is 0 Å². The molecule has 4 aromatic heterocycles. The number of pyridine rings is 1. The summed E-state index contributed by atoms with van der Waals surface area (Å²) in [5, 5.41) is 4.79. The summed E-state index contributed by atoms with van der Waals surface area (Å²) in [5.74, 6) is 1.67. The standard InChI is InChI=1S/C30H31N9O3/c1-35(2)15-16-36-14-11-20-17-21(7-8-23(20)36)32-30-31-18-22-27(34-30)39-25-10-9-24-28(33-25)37(26(40)19-42-24)12-5-3-4-6-13-38(39)29(22)41/h4,6-11,14,17-18H,3,5,12-13,15-16,19H2,1-2H3,(H,31,32,34)/b6-4-. The molecule has 1 amide bonds. The number of carbonyl (C=O) groups is 1. The zero-order chi connectivity index (χ0) is 28.8. The Labute approximate surface area is 241 Å². The fourth-order valence-electron chi connectivity index (χ4n) is 5.47. The number of aromatic nitrogens is 6. The van der Waals surface area contributed by atoms with Crippen LogP contribution in [0.1, 0.15) is 12.8 Å². The van der Waals surface area contributed by atoms with Gasteiger partial charge in [0.2, 0.25) is 5.95 Å². The minimum Gasteiger partial charge on any atom is -0.480 e. The summed E-state index contributed by atoms with van der Waals surface area (Å²) in [6.07, 6.45) is 9.19. The molecular formula is C30H31N9O3. The molecule has 0 spiro atoms. The van der Waals surface area contributed by atoms with Crippen molar-refractivity contribution in [3.63, 3.8) is 0 Å². The predicted octanol–water partition coefficient (Wildman–Crippen LogP) is 3.31. The highest BCUT2D eigenvalue weighted by atomic mass is 16.5. The van der Waals surface area contributed by atoms with Crippen LogP contribution in [-0.4, -0.2) is 73.5 Å². The second-order valence-electron chi connectivity index (χ2n) is 10.8. The third kappa shape index (κ3) is 4.59. The number of rotatable bonds is 5. The molecule has 0 aliphatic carbocycles. The van der Waals surface area contributed by atoms with Crippen molar-refractivity contribution in [2.24, 2.45) is 0 Å². The number of anilines is 3. The van der Waals surface area contributed by atoms with E-state index in [0.717, 1.165) is 42.5 Å². The first-order valence-electron chi connectivity index (χ1n) is 14.0. The number of likely N-dealkylation sites (N-methyl/N-ethyl adjacent to an activating group) is 1. The number of benzene rings is 1. The summed E-state index contributed by atoms with van der Waals surface area (Å²) in [6.45, 7) is 2.72. The highest BCUT2D eigenvalue weighted by molar-refractivity contribution is 5.96. The van der Waals surface area contributed by atoms with Crippen molar-refractivity contribution in [3.8, 4) is 11.6 Å². The maximum atomic E-state index is 13.5. The Hall–Kier alpha value is -4.97. The molecule has 2 bridgehead atoms. The van der Waals surface area contributed by atoms with Crippen LogP contribution in [0.5, 0.6) is 5.75 Å². The van der Waals surface area contributed by atoms with Crippen molar-refractivity contribution in [2.45, 2.75) is 25.9 Å². The van der Waals surface area contributed by atoms with Gasteiger partial charge in [0.25, 0.3) is 11.5 Å². The molecule has 12 nitrogen and oxygen atoms in total. The molecule has 0 unspecified atom stereocenters. The largest absolute Gasteiger partial charge is 0.480 e. The van der Waals surface area contributed by atoms with Gasteiger partial charge in [-0.3, -0.25) is 14.5 Å². The van der Waals surface area contributed by atoms with Crippen molar-refractivity contribution >= 4 is 45.3 Å². The molecule has 0 atom stereocenters. The number of hydrogen-bond donors (Lipinski definition) is 1. The minimum absolute atomic E-state index is 0.0180. The summed E-state index contributed by atoms with van der Waals surface area (Å²) >= 11 is 0. The SMILES string of the molecule is CN(C)CCn1ccc2cc(Nc3ncc4c(=O)n5n(c4n3)-c3ccc4c(n3)N(CCC/C=C\C5)C(=O)CO4)ccc21. The van der Waals surface area contributed by atoms with Crippen LogP contribution in [0, 0.1) is 0 Å². The average Bonchev–Trinajstić information content (AvgIpc) is 3.51. The summed E-state index contributed by atoms with van der Waals surface area (Å²) in [5.41, 5.74) is 2.19. The Morgan fingerprint density at radius 3 is 2.86 bits per heavy atom. The van der Waals surface area contributed by atoms with E-state index in [0.29, 0.717) is 47.5 Å². The van der Waals surface area contributed by atoms with Crippen molar-refractivity contribution in [1.29, 1.82) is 0 Å². The minimum atomic E-state index is -0.220. The molecule has 7 rings (SSSR count). The summed E-state index contributed by atoms with van der Waals surface area (Å²) in [4.78, 5) is 44.1. The third-order valence-corrected chi connectivity index (χ3v) is 7.64. The maximum Gasteiger partial charge on any atom is 0.278 e. The Balaban J connectivity index is 1.29. The summed E-state index contributed by atoms with van der Waals surface area (Å²) in [6, 6.07) is 11.8. The first-order chi connectivity index (χ1) is 20.5. The van der Waals surface area contributed by atoms with Crippen LogP contribution >= 0.6 is 0 Å². The lowest BCUT2D eigenvalue weighted by Crippen LogP contribution is -2.40. The lowest BCUT2D eigenvalue weighted by Gasteiger charge is -2.28. The molecule has 5 aromatic rings. The highest BCUT2D eigenvalue weighted by Gasteiger charge is 2.28. The second-order valence-corrected chi connectivity index (χ2v) is 10.8. The monoisotopic (exact) mass is 565 g/mol. The number of carbonyl (C=O) groups excluding carboxylic acids is 1. The number of hydrogen-bond acceptors (Lipinski definition) is 8. The molecule has 214 valence electrons. The average molecular weight is 566 g/mol. The Morgan fingerprint density at radius 2 is 1.98 bits per heavy atom. The number of nitrogens with one attached hydrogen (secondary N) is 1. The number of nitrogens with zero attached hydrogens (tertiary/aromatic N) is 8. The molecule has 0 saturated heterocycles. The molecule has 1 N–H and O–H groups in total. The fraction of sp³-hybridized carbons (Fsp3) is 0.300. The lowest BCUT2D eigenvalue weighted by atomic mass is 10.2. The normalized spacial score (nSPS) is 15.8. The molecule has 0 saturated carbocycles. The van der Waals surface area contributed by atoms with E-state index in [1.54, 1.807) is 32.6 Å². The third-order valence-electron chi connectivity index (χ3n) is 7.64. The van der Waals surface area contributed by atoms with E-state index in [9.17, 15) is 9.59 Å². The fourth-order valence-corrected chi connectivity index (χ4v) is 5.47. The van der Waals surface area contributed by atoms with Crippen LogP contribution in [0.15, 0.2) is 65.7 Å². The van der Waals surface area contributed by atoms with Crippen molar-refractivity contribution < 1.29 is 9.53 Å². The van der Waals surface area contributed by atoms with Crippen LogP contribution in [0.4, 0.5) is 17.5 Å². The van der Waals surface area contributed by atoms with E-state index < -0.39 is 0 Å². The van der Waals surface area contributed by atoms with Gasteiger partial charge in [-0.25, -0.2) is 19.3 Å². The molecule has 6 heterocycles. The quantitative estimate of drug-likeness (QED) is 0.323. The van der Waals surface area contributed by atoms with Gasteiger partial charge in [0, 0.05) is 48.6 Å². The summed E-state index contributed by atoms with van der Waals surface area (Å²) in [7, 11) is 4.14. The zero-order valence-corrected chi connectivity index (χ0v) is 23.5. The number of ether oxygens (including phenoxy) is 1. The van der Waals surface area contributed by atoms with Crippen LogP contribution in [0.25, 0.3) is 27.8 Å². The molecule has 2 aliphatic rings. The second kappa shape index (κ2) is 10.5. The van der Waals surface area contributed by atoms with Crippen LogP contribution in [-0.2, 0) is 17.9 Å². The molecule has 12 heteroatoms. The number of allylic oxidation sites excluding steroid dienone is 2. The lowest BCUT2D eigenvalue weighted by molar-refractivity contribution is -0.121. The maximum absolute atomic E-state index is 13.5. The van der Waals surface area contributed by atoms with E-state index >= 15 is 0 Å².